The van der Waals surface area contributed by atoms with Crippen molar-refractivity contribution >= 4 is 17.3 Å². The maximum Gasteiger partial charge on any atom is 0.169 e. The quantitative estimate of drug-likeness (QED) is 0.517. The topological polar surface area (TPSA) is 27.3 Å². The molecule has 0 aromatic heterocycles. The number of thiocarbonyl (C=S) groups is 1. The fourth-order valence-electron chi connectivity index (χ4n) is 2.10. The van der Waals surface area contributed by atoms with Crippen molar-refractivity contribution in [2.24, 2.45) is 0 Å². The molecule has 2 aliphatic heterocycles. The van der Waals surface area contributed by atoms with Gasteiger partial charge in [0.1, 0.15) is 0 Å². The minimum atomic E-state index is 0.322. The summed E-state index contributed by atoms with van der Waals surface area (Å²) in [7, 11) is 2.10. The van der Waals surface area contributed by atoms with E-state index in [1.807, 2.05) is 0 Å². The van der Waals surface area contributed by atoms with Gasteiger partial charge in [0.05, 0.1) is 5.54 Å². The summed E-state index contributed by atoms with van der Waals surface area (Å²) in [6.07, 6.45) is 2.41. The average Bonchev–Trinajstić information content (AvgIpc) is 2.37. The molecule has 3 nitrogen and oxygen atoms in total. The molecule has 2 saturated heterocycles. The Balaban J connectivity index is 2.14. The Bertz CT molecular complexity index is 198. The van der Waals surface area contributed by atoms with Gasteiger partial charge in [-0.3, -0.25) is 0 Å². The molecule has 0 aromatic rings. The highest BCUT2D eigenvalue weighted by Crippen LogP contribution is 2.27. The predicted octanol–water partition coefficient (Wildman–Crippen LogP) is -0.0715. The fourth-order valence-corrected chi connectivity index (χ4v) is 2.36. The van der Waals surface area contributed by atoms with Crippen LogP contribution < -0.4 is 10.6 Å². The number of piperidine rings is 1. The van der Waals surface area contributed by atoms with E-state index in [0.717, 1.165) is 24.7 Å². The predicted molar refractivity (Wildman–Crippen MR) is 53.2 cm³/mol. The second-order valence-electron chi connectivity index (χ2n) is 3.69. The van der Waals surface area contributed by atoms with E-state index in [-0.39, 0.29) is 0 Å². The maximum atomic E-state index is 5.19. The molecule has 0 radical (unpaired) electrons. The van der Waals surface area contributed by atoms with E-state index < -0.39 is 0 Å². The van der Waals surface area contributed by atoms with E-state index in [0.29, 0.717) is 5.54 Å². The van der Waals surface area contributed by atoms with Gasteiger partial charge in [0, 0.05) is 13.6 Å². The standard InChI is InChI=1S/C8H15N3S/c1-11-7(12)10-6-8(11)2-4-9-5-3-8/h9H,2-6H2,1H3,(H,10,12). The van der Waals surface area contributed by atoms with Gasteiger partial charge in [-0.2, -0.15) is 0 Å². The molecule has 0 unspecified atom stereocenters. The third kappa shape index (κ3) is 1.10. The van der Waals surface area contributed by atoms with E-state index in [9.17, 15) is 0 Å². The number of likely N-dealkylation sites (N-methyl/N-ethyl adjacent to an activating group) is 1. The summed E-state index contributed by atoms with van der Waals surface area (Å²) in [6, 6.07) is 0. The highest BCUT2D eigenvalue weighted by Gasteiger charge is 2.41. The van der Waals surface area contributed by atoms with Crippen molar-refractivity contribution in [1.29, 1.82) is 0 Å². The number of rotatable bonds is 0. The first-order valence-corrected chi connectivity index (χ1v) is 4.88. The number of hydrogen-bond acceptors (Lipinski definition) is 2. The molecule has 68 valence electrons. The van der Waals surface area contributed by atoms with E-state index in [4.69, 9.17) is 12.2 Å². The lowest BCUT2D eigenvalue weighted by molar-refractivity contribution is 0.183. The van der Waals surface area contributed by atoms with Crippen LogP contribution in [0.25, 0.3) is 0 Å². The van der Waals surface area contributed by atoms with Gasteiger partial charge in [-0.25, -0.2) is 0 Å². The Morgan fingerprint density at radius 3 is 2.58 bits per heavy atom. The zero-order valence-corrected chi connectivity index (χ0v) is 8.21. The second kappa shape index (κ2) is 2.85. The lowest BCUT2D eigenvalue weighted by Gasteiger charge is -2.39. The van der Waals surface area contributed by atoms with Crippen molar-refractivity contribution in [2.75, 3.05) is 26.7 Å². The Morgan fingerprint density at radius 2 is 2.08 bits per heavy atom. The average molecular weight is 185 g/mol. The minimum absolute atomic E-state index is 0.322. The molecule has 0 atom stereocenters. The van der Waals surface area contributed by atoms with Crippen LogP contribution in [0.4, 0.5) is 0 Å². The van der Waals surface area contributed by atoms with Gasteiger partial charge < -0.3 is 15.5 Å². The summed E-state index contributed by atoms with van der Waals surface area (Å²) in [5.41, 5.74) is 0.322. The molecule has 0 aromatic carbocycles. The maximum absolute atomic E-state index is 5.19. The van der Waals surface area contributed by atoms with E-state index in [2.05, 4.69) is 22.6 Å². The summed E-state index contributed by atoms with van der Waals surface area (Å²) in [6.45, 7) is 3.27. The molecular formula is C8H15N3S. The molecule has 2 aliphatic rings. The summed E-state index contributed by atoms with van der Waals surface area (Å²) >= 11 is 5.19. The molecule has 2 heterocycles. The highest BCUT2D eigenvalue weighted by atomic mass is 32.1. The van der Waals surface area contributed by atoms with Gasteiger partial charge in [0.25, 0.3) is 0 Å². The molecule has 1 spiro atoms. The van der Waals surface area contributed by atoms with Gasteiger partial charge in [-0.15, -0.1) is 0 Å². The molecule has 12 heavy (non-hydrogen) atoms. The highest BCUT2D eigenvalue weighted by molar-refractivity contribution is 7.80. The molecule has 4 heteroatoms. The molecule has 0 bridgehead atoms. The monoisotopic (exact) mass is 185 g/mol. The normalized spacial score (nSPS) is 27.8. The molecule has 0 saturated carbocycles. The van der Waals surface area contributed by atoms with Crippen molar-refractivity contribution < 1.29 is 0 Å². The first kappa shape index (κ1) is 8.26. The Labute approximate surface area is 78.5 Å². The van der Waals surface area contributed by atoms with Crippen molar-refractivity contribution in [3.8, 4) is 0 Å². The largest absolute Gasteiger partial charge is 0.360 e. The van der Waals surface area contributed by atoms with Crippen LogP contribution in [0, 0.1) is 0 Å². The van der Waals surface area contributed by atoms with Crippen molar-refractivity contribution in [2.45, 2.75) is 18.4 Å². The van der Waals surface area contributed by atoms with Crippen LogP contribution in [0.5, 0.6) is 0 Å². The van der Waals surface area contributed by atoms with Gasteiger partial charge >= 0.3 is 0 Å². The molecular weight excluding hydrogens is 170 g/mol. The van der Waals surface area contributed by atoms with E-state index in [1.165, 1.54) is 12.8 Å². The SMILES string of the molecule is CN1C(=S)NCC12CCNCC2. The van der Waals surface area contributed by atoms with Crippen LogP contribution in [0.15, 0.2) is 0 Å². The molecule has 0 aliphatic carbocycles. The molecule has 2 rings (SSSR count). The first-order valence-electron chi connectivity index (χ1n) is 4.47. The van der Waals surface area contributed by atoms with Gasteiger partial charge in [-0.1, -0.05) is 0 Å². The van der Waals surface area contributed by atoms with Gasteiger partial charge in [0.2, 0.25) is 0 Å². The van der Waals surface area contributed by atoms with Gasteiger partial charge in [0.15, 0.2) is 5.11 Å². The summed E-state index contributed by atoms with van der Waals surface area (Å²) in [5.74, 6) is 0. The van der Waals surface area contributed by atoms with Crippen molar-refractivity contribution in [3.05, 3.63) is 0 Å². The smallest absolute Gasteiger partial charge is 0.169 e. The van der Waals surface area contributed by atoms with Crippen LogP contribution in [-0.4, -0.2) is 42.2 Å². The summed E-state index contributed by atoms with van der Waals surface area (Å²) in [4.78, 5) is 2.24. The third-order valence-corrected chi connectivity index (χ3v) is 3.54. The lowest BCUT2D eigenvalue weighted by atomic mass is 9.88. The number of hydrogen-bond donors (Lipinski definition) is 2. The van der Waals surface area contributed by atoms with Crippen LogP contribution in [0.2, 0.25) is 0 Å². The molecule has 0 amide bonds. The second-order valence-corrected chi connectivity index (χ2v) is 4.08. The van der Waals surface area contributed by atoms with Crippen LogP contribution in [0.3, 0.4) is 0 Å². The Hall–Kier alpha value is -0.350. The Morgan fingerprint density at radius 1 is 1.42 bits per heavy atom. The lowest BCUT2D eigenvalue weighted by Crippen LogP contribution is -2.51. The zero-order chi connectivity index (χ0) is 8.60. The van der Waals surface area contributed by atoms with Crippen molar-refractivity contribution in [1.82, 2.24) is 15.5 Å². The summed E-state index contributed by atoms with van der Waals surface area (Å²) < 4.78 is 0. The van der Waals surface area contributed by atoms with E-state index >= 15 is 0 Å². The minimum Gasteiger partial charge on any atom is -0.360 e. The first-order chi connectivity index (χ1) is 5.75. The van der Waals surface area contributed by atoms with Gasteiger partial charge in [-0.05, 0) is 38.1 Å². The number of nitrogens with zero attached hydrogens (tertiary/aromatic N) is 1. The molecule has 2 N–H and O–H groups in total. The third-order valence-electron chi connectivity index (χ3n) is 3.12. The number of nitrogens with one attached hydrogen (secondary N) is 2. The van der Waals surface area contributed by atoms with Crippen LogP contribution >= 0.6 is 12.2 Å². The summed E-state index contributed by atoms with van der Waals surface area (Å²) in [5, 5.41) is 7.55. The zero-order valence-electron chi connectivity index (χ0n) is 7.39. The Kier molecular flexibility index (Phi) is 1.96. The van der Waals surface area contributed by atoms with Crippen LogP contribution in [0.1, 0.15) is 12.8 Å². The van der Waals surface area contributed by atoms with Crippen molar-refractivity contribution in [3.63, 3.8) is 0 Å². The fraction of sp³-hybridized carbons (Fsp3) is 0.875. The van der Waals surface area contributed by atoms with Crippen LogP contribution in [-0.2, 0) is 0 Å². The van der Waals surface area contributed by atoms with E-state index in [1.54, 1.807) is 0 Å². The molecule has 2 fully saturated rings.